The molecule has 0 atom stereocenters. The summed E-state index contributed by atoms with van der Waals surface area (Å²) in [7, 11) is 0. The van der Waals surface area contributed by atoms with Crippen molar-refractivity contribution in [2.45, 2.75) is 13.3 Å². The van der Waals surface area contributed by atoms with E-state index in [1.54, 1.807) is 18.2 Å². The predicted molar refractivity (Wildman–Crippen MR) is 80.9 cm³/mol. The monoisotopic (exact) mass is 281 g/mol. The molecule has 2 rings (SSSR count). The summed E-state index contributed by atoms with van der Waals surface area (Å²) in [4.78, 5) is 4.54. The molecule has 0 radical (unpaired) electrons. The Kier molecular flexibility index (Phi) is 5.10. The number of thiocarbonyl (C=S) groups is 1. The van der Waals surface area contributed by atoms with E-state index in [1.165, 1.54) is 12.5 Å². The van der Waals surface area contributed by atoms with Crippen LogP contribution in [0.4, 0.5) is 10.1 Å². The van der Waals surface area contributed by atoms with E-state index in [0.717, 1.165) is 32.7 Å². The Morgan fingerprint density at radius 3 is 2.58 bits per heavy atom. The van der Waals surface area contributed by atoms with E-state index in [4.69, 9.17) is 12.2 Å². The SMILES string of the molecule is CCCN1CCN(C(=S)Nc2ccccc2F)CC1. The topological polar surface area (TPSA) is 18.5 Å². The summed E-state index contributed by atoms with van der Waals surface area (Å²) in [5, 5.41) is 3.60. The Morgan fingerprint density at radius 1 is 1.26 bits per heavy atom. The summed E-state index contributed by atoms with van der Waals surface area (Å²) in [6, 6.07) is 6.61. The molecule has 0 unspecified atom stereocenters. The highest BCUT2D eigenvalue weighted by Gasteiger charge is 2.18. The zero-order valence-corrected chi connectivity index (χ0v) is 12.0. The van der Waals surface area contributed by atoms with Gasteiger partial charge in [-0.1, -0.05) is 19.1 Å². The number of hydrogen-bond donors (Lipinski definition) is 1. The second-order valence-electron chi connectivity index (χ2n) is 4.74. The minimum Gasteiger partial charge on any atom is -0.346 e. The van der Waals surface area contributed by atoms with E-state index in [0.29, 0.717) is 10.8 Å². The molecule has 19 heavy (non-hydrogen) atoms. The van der Waals surface area contributed by atoms with Crippen molar-refractivity contribution in [1.29, 1.82) is 0 Å². The highest BCUT2D eigenvalue weighted by Crippen LogP contribution is 2.14. The van der Waals surface area contributed by atoms with Gasteiger partial charge in [0.05, 0.1) is 5.69 Å². The van der Waals surface area contributed by atoms with Crippen LogP contribution in [0.5, 0.6) is 0 Å². The molecule has 0 aromatic heterocycles. The van der Waals surface area contributed by atoms with Crippen LogP contribution in [0.3, 0.4) is 0 Å². The summed E-state index contributed by atoms with van der Waals surface area (Å²) in [6.45, 7) is 7.18. The van der Waals surface area contributed by atoms with Crippen molar-refractivity contribution >= 4 is 23.0 Å². The van der Waals surface area contributed by atoms with Gasteiger partial charge in [0.2, 0.25) is 0 Å². The van der Waals surface area contributed by atoms with Crippen molar-refractivity contribution in [3.8, 4) is 0 Å². The highest BCUT2D eigenvalue weighted by atomic mass is 32.1. The van der Waals surface area contributed by atoms with Gasteiger partial charge in [-0.3, -0.25) is 4.90 Å². The number of benzene rings is 1. The molecule has 0 amide bonds. The van der Waals surface area contributed by atoms with Gasteiger partial charge in [0.25, 0.3) is 0 Å². The Balaban J connectivity index is 1.87. The molecule has 5 heteroatoms. The lowest BCUT2D eigenvalue weighted by molar-refractivity contribution is 0.184. The van der Waals surface area contributed by atoms with Gasteiger partial charge in [0, 0.05) is 26.2 Å². The third-order valence-corrected chi connectivity index (χ3v) is 3.68. The van der Waals surface area contributed by atoms with Crippen LogP contribution in [0.1, 0.15) is 13.3 Å². The molecule has 1 aromatic rings. The summed E-state index contributed by atoms with van der Waals surface area (Å²) >= 11 is 5.35. The zero-order chi connectivity index (χ0) is 13.7. The molecular formula is C14H20FN3S. The van der Waals surface area contributed by atoms with Gasteiger partial charge in [-0.05, 0) is 37.3 Å². The largest absolute Gasteiger partial charge is 0.346 e. The van der Waals surface area contributed by atoms with Gasteiger partial charge in [0.1, 0.15) is 5.82 Å². The molecule has 1 aromatic carbocycles. The standard InChI is InChI=1S/C14H20FN3S/c1-2-7-17-8-10-18(11-9-17)14(19)16-13-6-4-3-5-12(13)15/h3-6H,2,7-11H2,1H3,(H,16,19). The van der Waals surface area contributed by atoms with Crippen molar-refractivity contribution in [1.82, 2.24) is 9.80 Å². The number of para-hydroxylation sites is 1. The van der Waals surface area contributed by atoms with Crippen LogP contribution in [-0.2, 0) is 0 Å². The molecule has 1 heterocycles. The van der Waals surface area contributed by atoms with Crippen molar-refractivity contribution < 1.29 is 4.39 Å². The number of piperazine rings is 1. The van der Waals surface area contributed by atoms with Gasteiger partial charge in [-0.15, -0.1) is 0 Å². The van der Waals surface area contributed by atoms with Crippen LogP contribution in [0.25, 0.3) is 0 Å². The van der Waals surface area contributed by atoms with Crippen LogP contribution >= 0.6 is 12.2 Å². The van der Waals surface area contributed by atoms with E-state index in [1.807, 2.05) is 0 Å². The summed E-state index contributed by atoms with van der Waals surface area (Å²) in [5.74, 6) is -0.269. The molecular weight excluding hydrogens is 261 g/mol. The van der Waals surface area contributed by atoms with Crippen LogP contribution in [0.2, 0.25) is 0 Å². The third kappa shape index (κ3) is 3.88. The number of rotatable bonds is 3. The fourth-order valence-electron chi connectivity index (χ4n) is 2.25. The molecule has 0 aliphatic carbocycles. The average molecular weight is 281 g/mol. The molecule has 0 bridgehead atoms. The molecule has 1 aliphatic heterocycles. The fraction of sp³-hybridized carbons (Fsp3) is 0.500. The van der Waals surface area contributed by atoms with Gasteiger partial charge < -0.3 is 10.2 Å². The Bertz CT molecular complexity index is 430. The molecule has 1 fully saturated rings. The van der Waals surface area contributed by atoms with Crippen molar-refractivity contribution in [3.63, 3.8) is 0 Å². The second-order valence-corrected chi connectivity index (χ2v) is 5.13. The average Bonchev–Trinajstić information content (AvgIpc) is 2.42. The number of nitrogens with one attached hydrogen (secondary N) is 1. The van der Waals surface area contributed by atoms with Crippen molar-refractivity contribution in [3.05, 3.63) is 30.1 Å². The quantitative estimate of drug-likeness (QED) is 0.858. The van der Waals surface area contributed by atoms with Crippen LogP contribution in [-0.4, -0.2) is 47.6 Å². The van der Waals surface area contributed by atoms with Gasteiger partial charge in [-0.25, -0.2) is 4.39 Å². The van der Waals surface area contributed by atoms with E-state index < -0.39 is 0 Å². The number of anilines is 1. The summed E-state index contributed by atoms with van der Waals surface area (Å²) in [6.07, 6.45) is 1.18. The van der Waals surface area contributed by atoms with Crippen molar-refractivity contribution in [2.75, 3.05) is 38.0 Å². The maximum atomic E-state index is 13.5. The molecule has 0 spiro atoms. The Hall–Kier alpha value is -1.20. The van der Waals surface area contributed by atoms with Crippen molar-refractivity contribution in [2.24, 2.45) is 0 Å². The van der Waals surface area contributed by atoms with E-state index >= 15 is 0 Å². The normalized spacial score (nSPS) is 16.4. The van der Waals surface area contributed by atoms with Crippen LogP contribution < -0.4 is 5.32 Å². The predicted octanol–water partition coefficient (Wildman–Crippen LogP) is 2.55. The summed E-state index contributed by atoms with van der Waals surface area (Å²) < 4.78 is 13.5. The van der Waals surface area contributed by atoms with E-state index in [2.05, 4.69) is 22.0 Å². The smallest absolute Gasteiger partial charge is 0.173 e. The highest BCUT2D eigenvalue weighted by molar-refractivity contribution is 7.80. The van der Waals surface area contributed by atoms with Gasteiger partial charge in [0.15, 0.2) is 5.11 Å². The zero-order valence-electron chi connectivity index (χ0n) is 11.2. The minimum atomic E-state index is -0.269. The van der Waals surface area contributed by atoms with Gasteiger partial charge >= 0.3 is 0 Å². The molecule has 3 nitrogen and oxygen atoms in total. The maximum Gasteiger partial charge on any atom is 0.173 e. The van der Waals surface area contributed by atoms with Crippen LogP contribution in [0.15, 0.2) is 24.3 Å². The van der Waals surface area contributed by atoms with E-state index in [9.17, 15) is 4.39 Å². The minimum absolute atomic E-state index is 0.269. The molecule has 104 valence electrons. The Labute approximate surface area is 119 Å². The number of halogens is 1. The first-order chi connectivity index (χ1) is 9.20. The number of hydrogen-bond acceptors (Lipinski definition) is 2. The molecule has 1 N–H and O–H groups in total. The first-order valence-electron chi connectivity index (χ1n) is 6.73. The molecule has 1 saturated heterocycles. The first kappa shape index (κ1) is 14.2. The fourth-order valence-corrected chi connectivity index (χ4v) is 2.54. The molecule has 0 saturated carbocycles. The van der Waals surface area contributed by atoms with E-state index in [-0.39, 0.29) is 5.82 Å². The summed E-state index contributed by atoms with van der Waals surface area (Å²) in [5.41, 5.74) is 0.448. The third-order valence-electron chi connectivity index (χ3n) is 3.31. The Morgan fingerprint density at radius 2 is 1.95 bits per heavy atom. The lowest BCUT2D eigenvalue weighted by Crippen LogP contribution is -2.50. The lowest BCUT2D eigenvalue weighted by atomic mass is 10.3. The lowest BCUT2D eigenvalue weighted by Gasteiger charge is -2.36. The molecule has 1 aliphatic rings. The van der Waals surface area contributed by atoms with Crippen LogP contribution in [0, 0.1) is 5.82 Å². The number of nitrogens with zero attached hydrogens (tertiary/aromatic N) is 2. The maximum absolute atomic E-state index is 13.5. The van der Waals surface area contributed by atoms with Gasteiger partial charge in [-0.2, -0.15) is 0 Å². The first-order valence-corrected chi connectivity index (χ1v) is 7.14. The second kappa shape index (κ2) is 6.82.